The Morgan fingerprint density at radius 2 is 2.00 bits per heavy atom. The fraction of sp³-hybridized carbons (Fsp3) is 0.938. The van der Waals surface area contributed by atoms with Gasteiger partial charge in [-0.15, -0.1) is 0 Å². The highest BCUT2D eigenvalue weighted by Crippen LogP contribution is 2.35. The van der Waals surface area contributed by atoms with Crippen molar-refractivity contribution in [1.29, 1.82) is 0 Å². The lowest BCUT2D eigenvalue weighted by Crippen LogP contribution is -2.48. The van der Waals surface area contributed by atoms with Gasteiger partial charge in [0.2, 0.25) is 5.91 Å². The first-order chi connectivity index (χ1) is 9.10. The molecule has 0 aromatic rings. The van der Waals surface area contributed by atoms with E-state index in [1.807, 2.05) is 0 Å². The van der Waals surface area contributed by atoms with Crippen molar-refractivity contribution in [1.82, 2.24) is 10.2 Å². The van der Waals surface area contributed by atoms with Crippen molar-refractivity contribution < 1.29 is 4.79 Å². The molecule has 1 N–H and O–H groups in total. The molecule has 1 saturated heterocycles. The average Bonchev–Trinajstić information content (AvgIpc) is 2.63. The molecule has 3 nitrogen and oxygen atoms in total. The number of nitrogens with zero attached hydrogens (tertiary/aromatic N) is 1. The second kappa shape index (κ2) is 6.25. The molecule has 0 aromatic heterocycles. The van der Waals surface area contributed by atoms with Crippen LogP contribution in [-0.4, -0.2) is 29.1 Å². The molecule has 2 fully saturated rings. The largest absolute Gasteiger partial charge is 0.323 e. The molecule has 19 heavy (non-hydrogen) atoms. The van der Waals surface area contributed by atoms with E-state index < -0.39 is 0 Å². The fourth-order valence-electron chi connectivity index (χ4n) is 3.45. The summed E-state index contributed by atoms with van der Waals surface area (Å²) in [6.45, 7) is 8.82. The third-order valence-corrected chi connectivity index (χ3v) is 5.27. The Bertz CT molecular complexity index is 314. The zero-order chi connectivity index (χ0) is 14.0. The topological polar surface area (TPSA) is 32.3 Å². The Balaban J connectivity index is 2.10. The molecule has 0 radical (unpaired) electrons. The van der Waals surface area contributed by atoms with Gasteiger partial charge in [0.25, 0.3) is 0 Å². The molecule has 2 rings (SSSR count). The van der Waals surface area contributed by atoms with Crippen molar-refractivity contribution in [2.24, 2.45) is 11.8 Å². The lowest BCUT2D eigenvalue weighted by atomic mass is 9.79. The van der Waals surface area contributed by atoms with Crippen LogP contribution in [0.15, 0.2) is 0 Å². The van der Waals surface area contributed by atoms with Crippen LogP contribution in [0.2, 0.25) is 0 Å². The summed E-state index contributed by atoms with van der Waals surface area (Å²) in [6.07, 6.45) is 7.50. The van der Waals surface area contributed by atoms with Crippen LogP contribution < -0.4 is 5.32 Å². The minimum atomic E-state index is 0.0454. The van der Waals surface area contributed by atoms with E-state index in [0.717, 1.165) is 25.2 Å². The van der Waals surface area contributed by atoms with Gasteiger partial charge in [0.1, 0.15) is 0 Å². The summed E-state index contributed by atoms with van der Waals surface area (Å²) in [4.78, 5) is 14.9. The normalized spacial score (nSPS) is 31.4. The van der Waals surface area contributed by atoms with Crippen LogP contribution in [0.1, 0.15) is 66.2 Å². The van der Waals surface area contributed by atoms with Crippen LogP contribution in [0.3, 0.4) is 0 Å². The number of hydrogen-bond donors (Lipinski definition) is 1. The first-order valence-electron chi connectivity index (χ1n) is 8.18. The van der Waals surface area contributed by atoms with Crippen molar-refractivity contribution in [2.45, 2.75) is 84.5 Å². The minimum absolute atomic E-state index is 0.0454. The molecule has 1 aliphatic carbocycles. The van der Waals surface area contributed by atoms with E-state index in [1.54, 1.807) is 0 Å². The summed E-state index contributed by atoms with van der Waals surface area (Å²) in [5.41, 5.74) is 0. The standard InChI is InChI=1S/C16H30N2O/c1-5-8-14-17-15(11(3)6-2)16(19)18(14)12(4)13-9-7-10-13/h11-15,17H,5-10H2,1-4H3. The third-order valence-electron chi connectivity index (χ3n) is 5.27. The van der Waals surface area contributed by atoms with Gasteiger partial charge < -0.3 is 4.90 Å². The number of carbonyl (C=O) groups excluding carboxylic acids is 1. The maximum absolute atomic E-state index is 12.7. The van der Waals surface area contributed by atoms with Crippen LogP contribution in [0.5, 0.6) is 0 Å². The molecule has 1 heterocycles. The van der Waals surface area contributed by atoms with Gasteiger partial charge >= 0.3 is 0 Å². The van der Waals surface area contributed by atoms with Crippen LogP contribution in [0, 0.1) is 11.8 Å². The number of rotatable bonds is 6. The van der Waals surface area contributed by atoms with E-state index in [4.69, 9.17) is 0 Å². The molecule has 110 valence electrons. The van der Waals surface area contributed by atoms with E-state index in [1.165, 1.54) is 19.3 Å². The molecule has 4 unspecified atom stereocenters. The van der Waals surface area contributed by atoms with Gasteiger partial charge in [0.15, 0.2) is 0 Å². The fourth-order valence-corrected chi connectivity index (χ4v) is 3.45. The van der Waals surface area contributed by atoms with E-state index in [2.05, 4.69) is 37.9 Å². The smallest absolute Gasteiger partial charge is 0.241 e. The Hall–Kier alpha value is -0.570. The van der Waals surface area contributed by atoms with Crippen LogP contribution >= 0.6 is 0 Å². The molecule has 0 aromatic carbocycles. The summed E-state index contributed by atoms with van der Waals surface area (Å²) in [5.74, 6) is 1.53. The van der Waals surface area contributed by atoms with Crippen LogP contribution in [-0.2, 0) is 4.79 Å². The van der Waals surface area contributed by atoms with Gasteiger partial charge in [-0.25, -0.2) is 0 Å². The third kappa shape index (κ3) is 2.81. The second-order valence-corrected chi connectivity index (χ2v) is 6.51. The van der Waals surface area contributed by atoms with Crippen LogP contribution in [0.25, 0.3) is 0 Å². The Kier molecular flexibility index (Phi) is 4.88. The van der Waals surface area contributed by atoms with Gasteiger partial charge in [0, 0.05) is 6.04 Å². The van der Waals surface area contributed by atoms with Crippen molar-refractivity contribution >= 4 is 5.91 Å². The number of carbonyl (C=O) groups is 1. The molecule has 4 atom stereocenters. The van der Waals surface area contributed by atoms with E-state index in [9.17, 15) is 4.79 Å². The highest BCUT2D eigenvalue weighted by atomic mass is 16.2. The van der Waals surface area contributed by atoms with Gasteiger partial charge in [0.05, 0.1) is 12.2 Å². The van der Waals surface area contributed by atoms with Gasteiger partial charge in [-0.1, -0.05) is 40.0 Å². The summed E-state index contributed by atoms with van der Waals surface area (Å²) in [5, 5.41) is 3.60. The number of amides is 1. The molecule has 3 heteroatoms. The van der Waals surface area contributed by atoms with Crippen LogP contribution in [0.4, 0.5) is 0 Å². The molecular formula is C16H30N2O. The Labute approximate surface area is 118 Å². The average molecular weight is 266 g/mol. The zero-order valence-corrected chi connectivity index (χ0v) is 13.0. The lowest BCUT2D eigenvalue weighted by molar-refractivity contribution is -0.134. The first-order valence-corrected chi connectivity index (χ1v) is 8.18. The lowest BCUT2D eigenvalue weighted by Gasteiger charge is -2.39. The highest BCUT2D eigenvalue weighted by molar-refractivity contribution is 5.85. The van der Waals surface area contributed by atoms with Crippen molar-refractivity contribution in [3.8, 4) is 0 Å². The molecule has 1 amide bonds. The van der Waals surface area contributed by atoms with E-state index in [0.29, 0.717) is 17.9 Å². The predicted molar refractivity (Wildman–Crippen MR) is 78.7 cm³/mol. The van der Waals surface area contributed by atoms with Gasteiger partial charge in [-0.3, -0.25) is 10.1 Å². The SMILES string of the molecule is CCCC1NC(C(C)CC)C(=O)N1C(C)C1CCC1. The summed E-state index contributed by atoms with van der Waals surface area (Å²) in [6, 6.07) is 0.462. The molecule has 2 aliphatic rings. The van der Waals surface area contributed by atoms with Crippen molar-refractivity contribution in [3.05, 3.63) is 0 Å². The zero-order valence-electron chi connectivity index (χ0n) is 13.0. The number of nitrogens with one attached hydrogen (secondary N) is 1. The van der Waals surface area contributed by atoms with E-state index in [-0.39, 0.29) is 12.2 Å². The van der Waals surface area contributed by atoms with Gasteiger partial charge in [-0.2, -0.15) is 0 Å². The molecule has 1 saturated carbocycles. The maximum Gasteiger partial charge on any atom is 0.241 e. The van der Waals surface area contributed by atoms with Gasteiger partial charge in [-0.05, 0) is 38.0 Å². The molecule has 0 bridgehead atoms. The summed E-state index contributed by atoms with van der Waals surface area (Å²) in [7, 11) is 0. The monoisotopic (exact) mass is 266 g/mol. The Morgan fingerprint density at radius 3 is 2.47 bits per heavy atom. The maximum atomic E-state index is 12.7. The predicted octanol–water partition coefficient (Wildman–Crippen LogP) is 3.15. The van der Waals surface area contributed by atoms with E-state index >= 15 is 0 Å². The second-order valence-electron chi connectivity index (χ2n) is 6.51. The summed E-state index contributed by atoms with van der Waals surface area (Å²) >= 11 is 0. The summed E-state index contributed by atoms with van der Waals surface area (Å²) < 4.78 is 0. The Morgan fingerprint density at radius 1 is 1.32 bits per heavy atom. The molecular weight excluding hydrogens is 236 g/mol. The first kappa shape index (κ1) is 14.8. The van der Waals surface area contributed by atoms with Crippen molar-refractivity contribution in [3.63, 3.8) is 0 Å². The van der Waals surface area contributed by atoms with Crippen molar-refractivity contribution in [2.75, 3.05) is 0 Å². The number of hydrogen-bond acceptors (Lipinski definition) is 2. The highest BCUT2D eigenvalue weighted by Gasteiger charge is 2.44. The molecule has 0 spiro atoms. The quantitative estimate of drug-likeness (QED) is 0.801. The minimum Gasteiger partial charge on any atom is -0.323 e. The molecule has 1 aliphatic heterocycles.